The van der Waals surface area contributed by atoms with E-state index in [1.807, 2.05) is 20.8 Å². The molecule has 130 valence electrons. The number of ether oxygens (including phenoxy) is 1. The van der Waals surface area contributed by atoms with Gasteiger partial charge in [-0.1, -0.05) is 11.6 Å². The molecule has 24 heavy (non-hydrogen) atoms. The van der Waals surface area contributed by atoms with Crippen molar-refractivity contribution in [3.63, 3.8) is 0 Å². The van der Waals surface area contributed by atoms with Gasteiger partial charge in [0.2, 0.25) is 0 Å². The molecule has 0 spiro atoms. The second-order valence-electron chi connectivity index (χ2n) is 6.95. The Hall–Kier alpha value is -1.89. The van der Waals surface area contributed by atoms with Gasteiger partial charge < -0.3 is 14.2 Å². The monoisotopic (exact) mass is 354 g/mol. The van der Waals surface area contributed by atoms with Gasteiger partial charge in [0.15, 0.2) is 5.82 Å². The van der Waals surface area contributed by atoms with E-state index >= 15 is 0 Å². The Bertz CT molecular complexity index is 763. The molecule has 6 nitrogen and oxygen atoms in total. The minimum Gasteiger partial charge on any atom is -0.444 e. The molecule has 1 aliphatic heterocycles. The topological polar surface area (TPSA) is 60.2 Å². The maximum atomic E-state index is 14.1. The zero-order valence-corrected chi connectivity index (χ0v) is 14.7. The van der Waals surface area contributed by atoms with Crippen LogP contribution >= 0.6 is 11.6 Å². The standard InChI is InChI=1S/C16H20ClFN4O2/c1-16(2,3)24-15(23)21-6-4-10(5-7-21)22-8-11(18)12-13(17)19-9-20-14(12)22/h8-10H,4-7H2,1-3H3. The third kappa shape index (κ3) is 3.31. The first-order valence-electron chi connectivity index (χ1n) is 7.91. The third-order valence-electron chi connectivity index (χ3n) is 4.03. The SMILES string of the molecule is CC(C)(C)OC(=O)N1CCC(n2cc(F)c3c(Cl)ncnc32)CC1. The number of rotatable bonds is 1. The molecule has 2 aromatic heterocycles. The lowest BCUT2D eigenvalue weighted by atomic mass is 10.1. The second-order valence-corrected chi connectivity index (χ2v) is 7.30. The van der Waals surface area contributed by atoms with Crippen LogP contribution in [0.15, 0.2) is 12.5 Å². The van der Waals surface area contributed by atoms with Crippen LogP contribution in [0.4, 0.5) is 9.18 Å². The lowest BCUT2D eigenvalue weighted by Gasteiger charge is -2.34. The highest BCUT2D eigenvalue weighted by Crippen LogP contribution is 2.31. The Balaban J connectivity index is 1.74. The number of halogens is 2. The van der Waals surface area contributed by atoms with Crippen LogP contribution in [0.25, 0.3) is 11.0 Å². The van der Waals surface area contributed by atoms with E-state index in [0.717, 1.165) is 0 Å². The molecule has 2 aromatic rings. The van der Waals surface area contributed by atoms with Crippen LogP contribution in [0.3, 0.4) is 0 Å². The fourth-order valence-corrected chi connectivity index (χ4v) is 3.15. The number of nitrogens with zero attached hydrogens (tertiary/aromatic N) is 4. The maximum absolute atomic E-state index is 14.1. The minimum absolute atomic E-state index is 0.0571. The Morgan fingerprint density at radius 2 is 2.00 bits per heavy atom. The van der Waals surface area contributed by atoms with Gasteiger partial charge in [0.1, 0.15) is 22.7 Å². The van der Waals surface area contributed by atoms with Crippen LogP contribution in [-0.4, -0.2) is 44.2 Å². The summed E-state index contributed by atoms with van der Waals surface area (Å²) in [7, 11) is 0. The van der Waals surface area contributed by atoms with Crippen LogP contribution in [0.1, 0.15) is 39.7 Å². The molecule has 0 radical (unpaired) electrons. The van der Waals surface area contributed by atoms with E-state index in [-0.39, 0.29) is 22.7 Å². The van der Waals surface area contributed by atoms with Gasteiger partial charge in [-0.25, -0.2) is 19.2 Å². The molecule has 0 saturated carbocycles. The number of fused-ring (bicyclic) bond motifs is 1. The van der Waals surface area contributed by atoms with E-state index in [9.17, 15) is 9.18 Å². The van der Waals surface area contributed by atoms with Gasteiger partial charge in [-0.3, -0.25) is 0 Å². The van der Waals surface area contributed by atoms with Gasteiger partial charge in [-0.05, 0) is 33.6 Å². The van der Waals surface area contributed by atoms with E-state index in [2.05, 4.69) is 9.97 Å². The summed E-state index contributed by atoms with van der Waals surface area (Å²) in [6.07, 6.45) is 3.83. The molecule has 0 atom stereocenters. The van der Waals surface area contributed by atoms with Crippen molar-refractivity contribution in [3.8, 4) is 0 Å². The number of hydrogen-bond donors (Lipinski definition) is 0. The van der Waals surface area contributed by atoms with Crippen LogP contribution in [0, 0.1) is 5.82 Å². The number of carbonyl (C=O) groups is 1. The van der Waals surface area contributed by atoms with Gasteiger partial charge in [0.25, 0.3) is 0 Å². The van der Waals surface area contributed by atoms with Crippen molar-refractivity contribution in [3.05, 3.63) is 23.5 Å². The van der Waals surface area contributed by atoms with Crippen LogP contribution in [0.2, 0.25) is 5.15 Å². The molecule has 1 saturated heterocycles. The predicted octanol–water partition coefficient (Wildman–Crippen LogP) is 3.80. The van der Waals surface area contributed by atoms with Gasteiger partial charge in [-0.15, -0.1) is 0 Å². The Morgan fingerprint density at radius 3 is 2.62 bits per heavy atom. The van der Waals surface area contributed by atoms with E-state index in [0.29, 0.717) is 31.6 Å². The summed E-state index contributed by atoms with van der Waals surface area (Å²) >= 11 is 5.97. The van der Waals surface area contributed by atoms with E-state index < -0.39 is 11.4 Å². The number of carbonyl (C=O) groups excluding carboxylic acids is 1. The minimum atomic E-state index is -0.513. The maximum Gasteiger partial charge on any atom is 0.410 e. The molecule has 0 aliphatic carbocycles. The summed E-state index contributed by atoms with van der Waals surface area (Å²) in [5.74, 6) is -0.426. The van der Waals surface area contributed by atoms with Crippen LogP contribution in [0.5, 0.6) is 0 Å². The molecule has 1 aliphatic rings. The fourth-order valence-electron chi connectivity index (χ4n) is 2.94. The van der Waals surface area contributed by atoms with Gasteiger partial charge in [-0.2, -0.15) is 0 Å². The third-order valence-corrected chi connectivity index (χ3v) is 4.31. The summed E-state index contributed by atoms with van der Waals surface area (Å²) in [6, 6.07) is 0.0571. The number of hydrogen-bond acceptors (Lipinski definition) is 4. The van der Waals surface area contributed by atoms with Crippen molar-refractivity contribution < 1.29 is 13.9 Å². The first-order chi connectivity index (χ1) is 11.3. The highest BCUT2D eigenvalue weighted by Gasteiger charge is 2.29. The fraction of sp³-hybridized carbons (Fsp3) is 0.562. The summed E-state index contributed by atoms with van der Waals surface area (Å²) in [5.41, 5.74) is -0.0234. The number of likely N-dealkylation sites (tertiary alicyclic amines) is 1. The molecule has 0 unspecified atom stereocenters. The van der Waals surface area contributed by atoms with E-state index in [1.165, 1.54) is 12.5 Å². The molecular formula is C16H20ClFN4O2. The summed E-state index contributed by atoms with van der Waals surface area (Å²) in [6.45, 7) is 6.64. The molecule has 3 heterocycles. The molecule has 0 N–H and O–H groups in total. The lowest BCUT2D eigenvalue weighted by molar-refractivity contribution is 0.0189. The van der Waals surface area contributed by atoms with Gasteiger partial charge in [0, 0.05) is 25.3 Å². The molecule has 0 aromatic carbocycles. The van der Waals surface area contributed by atoms with Crippen LogP contribution < -0.4 is 0 Å². The van der Waals surface area contributed by atoms with Gasteiger partial charge in [0.05, 0.1) is 5.39 Å². The molecule has 3 rings (SSSR count). The zero-order valence-electron chi connectivity index (χ0n) is 13.9. The average molecular weight is 355 g/mol. The summed E-state index contributed by atoms with van der Waals surface area (Å²) in [5, 5.41) is 0.358. The van der Waals surface area contributed by atoms with Gasteiger partial charge >= 0.3 is 6.09 Å². The van der Waals surface area contributed by atoms with E-state index in [4.69, 9.17) is 16.3 Å². The Labute approximate surface area is 144 Å². The van der Waals surface area contributed by atoms with Crippen molar-refractivity contribution in [2.75, 3.05) is 13.1 Å². The Kier molecular flexibility index (Phi) is 4.38. The normalized spacial score (nSPS) is 16.6. The Morgan fingerprint density at radius 1 is 1.33 bits per heavy atom. The molecule has 0 bridgehead atoms. The van der Waals surface area contributed by atoms with Crippen molar-refractivity contribution in [1.82, 2.24) is 19.4 Å². The lowest BCUT2D eigenvalue weighted by Crippen LogP contribution is -2.42. The van der Waals surface area contributed by atoms with Crippen molar-refractivity contribution in [2.45, 2.75) is 45.3 Å². The smallest absolute Gasteiger partial charge is 0.410 e. The predicted molar refractivity (Wildman–Crippen MR) is 88.6 cm³/mol. The molecular weight excluding hydrogens is 335 g/mol. The average Bonchev–Trinajstić information content (AvgIpc) is 2.84. The highest BCUT2D eigenvalue weighted by atomic mass is 35.5. The van der Waals surface area contributed by atoms with Crippen LogP contribution in [-0.2, 0) is 4.74 Å². The van der Waals surface area contributed by atoms with Crippen molar-refractivity contribution in [1.29, 1.82) is 0 Å². The molecule has 1 fully saturated rings. The van der Waals surface area contributed by atoms with Crippen molar-refractivity contribution in [2.24, 2.45) is 0 Å². The summed E-state index contributed by atoms with van der Waals surface area (Å²) in [4.78, 5) is 21.8. The molecule has 1 amide bonds. The first-order valence-corrected chi connectivity index (χ1v) is 8.28. The number of piperidine rings is 1. The van der Waals surface area contributed by atoms with E-state index in [1.54, 1.807) is 9.47 Å². The first kappa shape index (κ1) is 17.0. The number of amides is 1. The summed E-state index contributed by atoms with van der Waals surface area (Å²) < 4.78 is 21.3. The number of aromatic nitrogens is 3. The second kappa shape index (κ2) is 6.20. The quantitative estimate of drug-likeness (QED) is 0.731. The van der Waals surface area contributed by atoms with Crippen molar-refractivity contribution >= 4 is 28.7 Å². The largest absolute Gasteiger partial charge is 0.444 e. The highest BCUT2D eigenvalue weighted by molar-refractivity contribution is 6.34. The zero-order chi connectivity index (χ0) is 17.5. The molecule has 8 heteroatoms.